The minimum Gasteiger partial charge on any atom is -0.493 e. The molecule has 0 fully saturated rings. The monoisotopic (exact) mass is 468 g/mol. The molecule has 0 saturated heterocycles. The van der Waals surface area contributed by atoms with E-state index < -0.39 is 11.9 Å². The van der Waals surface area contributed by atoms with Crippen LogP contribution < -0.4 is 9.47 Å². The molecule has 0 aliphatic carbocycles. The van der Waals surface area contributed by atoms with Crippen LogP contribution >= 0.6 is 0 Å². The molecule has 0 N–H and O–H groups in total. The van der Waals surface area contributed by atoms with E-state index in [1.54, 1.807) is 36.4 Å². The highest BCUT2D eigenvalue weighted by atomic mass is 16.5. The zero-order valence-corrected chi connectivity index (χ0v) is 19.8. The van der Waals surface area contributed by atoms with Crippen molar-refractivity contribution >= 4 is 11.9 Å². The maximum Gasteiger partial charge on any atom is 0.343 e. The molecule has 3 aromatic rings. The quantitative estimate of drug-likeness (QED) is 0.125. The third-order valence-corrected chi connectivity index (χ3v) is 4.97. The van der Waals surface area contributed by atoms with Crippen molar-refractivity contribution in [2.45, 2.75) is 26.2 Å². The number of carbonyl (C=O) groups excluding carboxylic acids is 2. The van der Waals surface area contributed by atoms with E-state index in [9.17, 15) is 9.59 Å². The molecule has 0 unspecified atom stereocenters. The Morgan fingerprint density at radius 3 is 2.03 bits per heavy atom. The lowest BCUT2D eigenvalue weighted by molar-refractivity contribution is -0.137. The lowest BCUT2D eigenvalue weighted by Crippen LogP contribution is -2.09. The molecule has 35 heavy (non-hydrogen) atoms. The van der Waals surface area contributed by atoms with Crippen LogP contribution in [0.15, 0.2) is 85.5 Å². The summed E-state index contributed by atoms with van der Waals surface area (Å²) in [5.74, 6) is 6.43. The number of aryl methyl sites for hydroxylation is 1. The van der Waals surface area contributed by atoms with E-state index in [-0.39, 0.29) is 6.61 Å². The summed E-state index contributed by atoms with van der Waals surface area (Å²) in [6.07, 6.45) is 3.87. The largest absolute Gasteiger partial charge is 0.493 e. The number of hydrogen-bond donors (Lipinski definition) is 0. The van der Waals surface area contributed by atoms with E-state index >= 15 is 0 Å². The zero-order valence-electron chi connectivity index (χ0n) is 19.8. The molecule has 178 valence electrons. The average molecular weight is 469 g/mol. The first-order valence-electron chi connectivity index (χ1n) is 11.5. The van der Waals surface area contributed by atoms with Crippen LogP contribution in [0.2, 0.25) is 0 Å². The van der Waals surface area contributed by atoms with E-state index in [0.29, 0.717) is 30.1 Å². The lowest BCUT2D eigenvalue weighted by atomic mass is 10.1. The molecule has 5 heteroatoms. The molecular formula is C30H28O5. The molecule has 5 nitrogen and oxygen atoms in total. The predicted molar refractivity (Wildman–Crippen MR) is 136 cm³/mol. The first kappa shape index (κ1) is 25.3. The third kappa shape index (κ3) is 8.53. The van der Waals surface area contributed by atoms with Gasteiger partial charge in [-0.15, -0.1) is 0 Å². The first-order chi connectivity index (χ1) is 17.1. The zero-order chi connectivity index (χ0) is 24.9. The van der Waals surface area contributed by atoms with Gasteiger partial charge in [-0.05, 0) is 72.6 Å². The Balaban J connectivity index is 1.47. The first-order valence-corrected chi connectivity index (χ1v) is 11.5. The van der Waals surface area contributed by atoms with Crippen LogP contribution in [0, 0.1) is 11.8 Å². The molecule has 0 heterocycles. The van der Waals surface area contributed by atoms with Crippen LogP contribution in [0.1, 0.15) is 46.8 Å². The van der Waals surface area contributed by atoms with Crippen molar-refractivity contribution in [1.82, 2.24) is 0 Å². The van der Waals surface area contributed by atoms with Crippen molar-refractivity contribution in [3.05, 3.63) is 108 Å². The maximum atomic E-state index is 12.4. The number of carbonyl (C=O) groups is 2. The molecule has 0 aromatic heterocycles. The summed E-state index contributed by atoms with van der Waals surface area (Å²) in [7, 11) is 0. The standard InChI is InChI=1S/C30H28O5/c1-3-6-23-7-9-24(10-8-23)11-12-25-13-17-28(18-14-25)35-30(32)26-15-19-27(20-16-26)33-21-5-22-34-29(31)4-2/h4,7-10,13-20H,2-3,5-6,21-22H2,1H3. The van der Waals surface area contributed by atoms with Gasteiger partial charge in [-0.25, -0.2) is 9.59 Å². The van der Waals surface area contributed by atoms with Gasteiger partial charge in [0, 0.05) is 23.6 Å². The van der Waals surface area contributed by atoms with Gasteiger partial charge in [-0.2, -0.15) is 0 Å². The lowest BCUT2D eigenvalue weighted by Gasteiger charge is -2.08. The number of rotatable bonds is 10. The number of hydrogen-bond acceptors (Lipinski definition) is 5. The summed E-state index contributed by atoms with van der Waals surface area (Å²) < 4.78 is 15.9. The van der Waals surface area contributed by atoms with Crippen LogP contribution in [0.5, 0.6) is 11.5 Å². The van der Waals surface area contributed by atoms with E-state index in [4.69, 9.17) is 14.2 Å². The summed E-state index contributed by atoms with van der Waals surface area (Å²) in [6.45, 7) is 6.14. The normalized spacial score (nSPS) is 9.97. The smallest absolute Gasteiger partial charge is 0.343 e. The van der Waals surface area contributed by atoms with Gasteiger partial charge in [-0.1, -0.05) is 43.9 Å². The predicted octanol–water partition coefficient (Wildman–Crippen LogP) is 5.76. The van der Waals surface area contributed by atoms with Gasteiger partial charge in [-0.3, -0.25) is 0 Å². The molecule has 0 saturated carbocycles. The number of ether oxygens (including phenoxy) is 3. The summed E-state index contributed by atoms with van der Waals surface area (Å²) in [5.41, 5.74) is 3.52. The Morgan fingerprint density at radius 1 is 0.829 bits per heavy atom. The number of benzene rings is 3. The Labute approximate surface area is 206 Å². The van der Waals surface area contributed by atoms with Crippen LogP contribution in [0.4, 0.5) is 0 Å². The van der Waals surface area contributed by atoms with E-state index in [1.165, 1.54) is 5.56 Å². The van der Waals surface area contributed by atoms with Gasteiger partial charge in [0.15, 0.2) is 0 Å². The van der Waals surface area contributed by atoms with Gasteiger partial charge in [0.25, 0.3) is 0 Å². The highest BCUT2D eigenvalue weighted by molar-refractivity contribution is 5.91. The van der Waals surface area contributed by atoms with E-state index in [0.717, 1.165) is 30.0 Å². The van der Waals surface area contributed by atoms with Gasteiger partial charge in [0.2, 0.25) is 0 Å². The number of esters is 2. The van der Waals surface area contributed by atoms with E-state index in [2.05, 4.69) is 37.5 Å². The summed E-state index contributed by atoms with van der Waals surface area (Å²) in [4.78, 5) is 23.4. The molecule has 0 atom stereocenters. The second kappa shape index (κ2) is 13.4. The Kier molecular flexibility index (Phi) is 9.71. The van der Waals surface area contributed by atoms with Crippen LogP contribution in [0.3, 0.4) is 0 Å². The molecule has 0 aliphatic heterocycles. The Bertz CT molecular complexity index is 1180. The van der Waals surface area contributed by atoms with Crippen LogP contribution in [0.25, 0.3) is 0 Å². The van der Waals surface area contributed by atoms with Crippen molar-refractivity contribution in [1.29, 1.82) is 0 Å². The molecule has 0 amide bonds. The minimum absolute atomic E-state index is 0.256. The van der Waals surface area contributed by atoms with Gasteiger partial charge in [0.1, 0.15) is 11.5 Å². The Hall–Kier alpha value is -4.30. The van der Waals surface area contributed by atoms with Crippen LogP contribution in [-0.4, -0.2) is 25.2 Å². The van der Waals surface area contributed by atoms with Crippen molar-refractivity contribution in [2.24, 2.45) is 0 Å². The fourth-order valence-corrected chi connectivity index (χ4v) is 3.13. The fourth-order valence-electron chi connectivity index (χ4n) is 3.13. The van der Waals surface area contributed by atoms with Crippen LogP contribution in [-0.2, 0) is 16.0 Å². The van der Waals surface area contributed by atoms with Crippen molar-refractivity contribution in [3.8, 4) is 23.3 Å². The molecular weight excluding hydrogens is 440 g/mol. The summed E-state index contributed by atoms with van der Waals surface area (Å²) >= 11 is 0. The minimum atomic E-state index is -0.459. The highest BCUT2D eigenvalue weighted by Crippen LogP contribution is 2.17. The second-order valence-electron chi connectivity index (χ2n) is 7.71. The van der Waals surface area contributed by atoms with Gasteiger partial charge >= 0.3 is 11.9 Å². The SMILES string of the molecule is C=CC(=O)OCCCOc1ccc(C(=O)Oc2ccc(C#Cc3ccc(CCC)cc3)cc2)cc1. The highest BCUT2D eigenvalue weighted by Gasteiger charge is 2.09. The van der Waals surface area contributed by atoms with Crippen molar-refractivity contribution in [2.75, 3.05) is 13.2 Å². The second-order valence-corrected chi connectivity index (χ2v) is 7.71. The third-order valence-electron chi connectivity index (χ3n) is 4.97. The Morgan fingerprint density at radius 2 is 1.43 bits per heavy atom. The van der Waals surface area contributed by atoms with E-state index in [1.807, 2.05) is 24.3 Å². The summed E-state index contributed by atoms with van der Waals surface area (Å²) in [5, 5.41) is 0. The molecule has 0 aliphatic rings. The molecule has 3 rings (SSSR count). The molecule has 3 aromatic carbocycles. The van der Waals surface area contributed by atoms with Crippen molar-refractivity contribution < 1.29 is 23.8 Å². The maximum absolute atomic E-state index is 12.4. The van der Waals surface area contributed by atoms with Gasteiger partial charge in [0.05, 0.1) is 18.8 Å². The molecule has 0 spiro atoms. The molecule has 0 bridgehead atoms. The topological polar surface area (TPSA) is 61.8 Å². The van der Waals surface area contributed by atoms with Gasteiger partial charge < -0.3 is 14.2 Å². The average Bonchev–Trinajstić information content (AvgIpc) is 2.89. The molecule has 0 radical (unpaired) electrons. The van der Waals surface area contributed by atoms with Crippen molar-refractivity contribution in [3.63, 3.8) is 0 Å². The summed E-state index contributed by atoms with van der Waals surface area (Å²) in [6, 6.07) is 22.1. The fraction of sp³-hybridized carbons (Fsp3) is 0.200.